The molecule has 156 valence electrons. The van der Waals surface area contributed by atoms with Crippen LogP contribution in [0.25, 0.3) is 0 Å². The average molecular weight is 470 g/mol. The van der Waals surface area contributed by atoms with E-state index in [1.54, 1.807) is 15.9 Å². The molecule has 30 heavy (non-hydrogen) atoms. The lowest BCUT2D eigenvalue weighted by Crippen LogP contribution is -2.62. The molecule has 2 aliphatic rings. The second kappa shape index (κ2) is 7.87. The number of benzene rings is 2. The zero-order valence-electron chi connectivity index (χ0n) is 17.1. The Morgan fingerprint density at radius 3 is 2.77 bits per heavy atom. The minimum absolute atomic E-state index is 0.0327. The quantitative estimate of drug-likeness (QED) is 0.701. The van der Waals surface area contributed by atoms with E-state index in [4.69, 9.17) is 0 Å². The fraction of sp³-hybridized carbons (Fsp3) is 0.348. The van der Waals surface area contributed by atoms with E-state index >= 15 is 0 Å². The molecular formula is C23H24BrN3O3. The van der Waals surface area contributed by atoms with Crippen LogP contribution in [0, 0.1) is 6.92 Å². The van der Waals surface area contributed by atoms with Crippen LogP contribution in [0.3, 0.4) is 0 Å². The van der Waals surface area contributed by atoms with Crippen molar-refractivity contribution in [3.8, 4) is 0 Å². The maximum Gasteiger partial charge on any atom is 0.257 e. The van der Waals surface area contributed by atoms with Crippen LogP contribution < -0.4 is 10.2 Å². The van der Waals surface area contributed by atoms with Gasteiger partial charge in [0.15, 0.2) is 0 Å². The number of para-hydroxylation sites is 1. The number of hydrogen-bond donors (Lipinski definition) is 1. The van der Waals surface area contributed by atoms with Gasteiger partial charge >= 0.3 is 0 Å². The number of carbonyl (C=O) groups excluding carboxylic acids is 3. The standard InChI is InChI=1S/C23H24BrN3O3/c1-15-9-10-16(24)14-18(15)25-20(28)8-5-13-26-22(30)17-6-3-4-7-19(17)27-21(29)11-12-23(26,27)2/h3-4,6-7,9-10,14H,5,8,11-13H2,1-2H3,(H,25,28). The molecule has 0 bridgehead atoms. The van der Waals surface area contributed by atoms with Gasteiger partial charge in [0.1, 0.15) is 5.66 Å². The highest BCUT2D eigenvalue weighted by Gasteiger charge is 2.52. The van der Waals surface area contributed by atoms with Gasteiger partial charge in [0.2, 0.25) is 11.8 Å². The lowest BCUT2D eigenvalue weighted by molar-refractivity contribution is -0.118. The summed E-state index contributed by atoms with van der Waals surface area (Å²) in [5, 5.41) is 2.94. The Balaban J connectivity index is 1.47. The molecule has 0 aliphatic carbocycles. The topological polar surface area (TPSA) is 69.7 Å². The van der Waals surface area contributed by atoms with E-state index in [1.165, 1.54) is 0 Å². The molecule has 3 amide bonds. The summed E-state index contributed by atoms with van der Waals surface area (Å²) in [4.78, 5) is 41.8. The summed E-state index contributed by atoms with van der Waals surface area (Å²) >= 11 is 3.42. The second-order valence-electron chi connectivity index (χ2n) is 8.03. The van der Waals surface area contributed by atoms with Crippen molar-refractivity contribution in [2.24, 2.45) is 0 Å². The normalized spacial score (nSPS) is 20.2. The highest BCUT2D eigenvalue weighted by Crippen LogP contribution is 2.44. The van der Waals surface area contributed by atoms with Gasteiger partial charge in [-0.05, 0) is 56.5 Å². The van der Waals surface area contributed by atoms with Crippen LogP contribution in [-0.4, -0.2) is 34.8 Å². The molecule has 2 aromatic rings. The summed E-state index contributed by atoms with van der Waals surface area (Å²) in [7, 11) is 0. The number of anilines is 2. The molecule has 0 aromatic heterocycles. The van der Waals surface area contributed by atoms with Gasteiger partial charge < -0.3 is 10.2 Å². The van der Waals surface area contributed by atoms with Crippen molar-refractivity contribution in [1.82, 2.24) is 4.90 Å². The largest absolute Gasteiger partial charge is 0.326 e. The van der Waals surface area contributed by atoms with E-state index in [1.807, 2.05) is 50.2 Å². The number of amides is 3. The summed E-state index contributed by atoms with van der Waals surface area (Å²) in [6.07, 6.45) is 1.82. The predicted molar refractivity (Wildman–Crippen MR) is 119 cm³/mol. The van der Waals surface area contributed by atoms with Crippen molar-refractivity contribution < 1.29 is 14.4 Å². The van der Waals surface area contributed by atoms with Crippen LogP contribution in [-0.2, 0) is 9.59 Å². The lowest BCUT2D eigenvalue weighted by Gasteiger charge is -2.48. The molecule has 1 unspecified atom stereocenters. The summed E-state index contributed by atoms with van der Waals surface area (Å²) in [6.45, 7) is 4.30. The number of nitrogens with one attached hydrogen (secondary N) is 1. The van der Waals surface area contributed by atoms with Crippen molar-refractivity contribution in [1.29, 1.82) is 0 Å². The van der Waals surface area contributed by atoms with Crippen molar-refractivity contribution in [3.63, 3.8) is 0 Å². The number of carbonyl (C=O) groups is 3. The SMILES string of the molecule is Cc1ccc(Br)cc1NC(=O)CCCN1C(=O)c2ccccc2N2C(=O)CCC12C. The average Bonchev–Trinajstić information content (AvgIpc) is 3.03. The van der Waals surface area contributed by atoms with Gasteiger partial charge in [0, 0.05) is 29.5 Å². The van der Waals surface area contributed by atoms with Crippen LogP contribution in [0.5, 0.6) is 0 Å². The van der Waals surface area contributed by atoms with Gasteiger partial charge in [0.25, 0.3) is 5.91 Å². The Morgan fingerprint density at radius 1 is 1.20 bits per heavy atom. The third kappa shape index (κ3) is 3.51. The second-order valence-corrected chi connectivity index (χ2v) is 8.95. The molecule has 2 aliphatic heterocycles. The Kier molecular flexibility index (Phi) is 5.40. The third-order valence-corrected chi connectivity index (χ3v) is 6.50. The minimum atomic E-state index is -0.681. The number of nitrogens with zero attached hydrogens (tertiary/aromatic N) is 2. The van der Waals surface area contributed by atoms with Crippen LogP contribution in [0.2, 0.25) is 0 Å². The zero-order chi connectivity index (χ0) is 21.5. The molecule has 6 nitrogen and oxygen atoms in total. The van der Waals surface area contributed by atoms with E-state index in [2.05, 4.69) is 21.2 Å². The lowest BCUT2D eigenvalue weighted by atomic mass is 9.98. The number of fused-ring (bicyclic) bond motifs is 3. The number of halogens is 1. The maximum absolute atomic E-state index is 13.2. The summed E-state index contributed by atoms with van der Waals surface area (Å²) in [6, 6.07) is 13.0. The number of aryl methyl sites for hydroxylation is 1. The molecule has 2 aromatic carbocycles. The van der Waals surface area contributed by atoms with Crippen molar-refractivity contribution in [3.05, 3.63) is 58.1 Å². The molecule has 4 rings (SSSR count). The smallest absolute Gasteiger partial charge is 0.257 e. The third-order valence-electron chi connectivity index (χ3n) is 6.00. The molecule has 2 heterocycles. The first kappa shape index (κ1) is 20.6. The first-order valence-electron chi connectivity index (χ1n) is 10.1. The molecule has 0 spiro atoms. The van der Waals surface area contributed by atoms with Gasteiger partial charge in [-0.1, -0.05) is 34.1 Å². The van der Waals surface area contributed by atoms with E-state index < -0.39 is 5.66 Å². The zero-order valence-corrected chi connectivity index (χ0v) is 18.7. The van der Waals surface area contributed by atoms with E-state index in [0.717, 1.165) is 15.7 Å². The van der Waals surface area contributed by atoms with E-state index in [9.17, 15) is 14.4 Å². The van der Waals surface area contributed by atoms with Crippen LogP contribution in [0.1, 0.15) is 48.5 Å². The first-order valence-corrected chi connectivity index (χ1v) is 10.9. The van der Waals surface area contributed by atoms with E-state index in [0.29, 0.717) is 43.5 Å². The Morgan fingerprint density at radius 2 is 1.97 bits per heavy atom. The maximum atomic E-state index is 13.2. The Hall–Kier alpha value is -2.67. The number of rotatable bonds is 5. The Labute approximate surface area is 184 Å². The van der Waals surface area contributed by atoms with Gasteiger partial charge in [-0.25, -0.2) is 0 Å². The van der Waals surface area contributed by atoms with Gasteiger partial charge in [-0.15, -0.1) is 0 Å². The molecule has 1 fully saturated rings. The van der Waals surface area contributed by atoms with Crippen molar-refractivity contribution >= 4 is 45.0 Å². The Bertz CT molecular complexity index is 1040. The van der Waals surface area contributed by atoms with Crippen molar-refractivity contribution in [2.45, 2.75) is 45.2 Å². The van der Waals surface area contributed by atoms with Crippen molar-refractivity contribution in [2.75, 3.05) is 16.8 Å². The summed E-state index contributed by atoms with van der Waals surface area (Å²) in [5.41, 5.74) is 2.31. The monoisotopic (exact) mass is 469 g/mol. The highest BCUT2D eigenvalue weighted by atomic mass is 79.9. The van der Waals surface area contributed by atoms with Crippen LogP contribution in [0.15, 0.2) is 46.9 Å². The van der Waals surface area contributed by atoms with Gasteiger partial charge in [-0.3, -0.25) is 19.3 Å². The van der Waals surface area contributed by atoms with Gasteiger partial charge in [-0.2, -0.15) is 0 Å². The van der Waals surface area contributed by atoms with Crippen LogP contribution in [0.4, 0.5) is 11.4 Å². The fourth-order valence-electron chi connectivity index (χ4n) is 4.38. The highest BCUT2D eigenvalue weighted by molar-refractivity contribution is 9.10. The predicted octanol–water partition coefficient (Wildman–Crippen LogP) is 4.48. The molecular weight excluding hydrogens is 446 g/mol. The fourth-order valence-corrected chi connectivity index (χ4v) is 4.74. The summed E-state index contributed by atoms with van der Waals surface area (Å²) in [5.74, 6) is -0.141. The molecule has 0 radical (unpaired) electrons. The van der Waals surface area contributed by atoms with E-state index in [-0.39, 0.29) is 17.7 Å². The molecule has 7 heteroatoms. The minimum Gasteiger partial charge on any atom is -0.326 e. The summed E-state index contributed by atoms with van der Waals surface area (Å²) < 4.78 is 0.903. The number of hydrogen-bond acceptors (Lipinski definition) is 3. The van der Waals surface area contributed by atoms with Gasteiger partial charge in [0.05, 0.1) is 11.3 Å². The molecule has 1 N–H and O–H groups in total. The molecule has 1 saturated heterocycles. The first-order chi connectivity index (χ1) is 14.3. The molecule has 0 saturated carbocycles. The molecule has 1 atom stereocenters. The van der Waals surface area contributed by atoms with Crippen LogP contribution >= 0.6 is 15.9 Å².